The largest absolute Gasteiger partial charge is 0.368 e. The zero-order chi connectivity index (χ0) is 11.3. The molecule has 0 aromatic carbocycles. The molecule has 1 aliphatic carbocycles. The Labute approximate surface area is 89.8 Å². The summed E-state index contributed by atoms with van der Waals surface area (Å²) in [7, 11) is 0. The second kappa shape index (κ2) is 5.70. The van der Waals surface area contributed by atoms with Crippen molar-refractivity contribution in [2.24, 2.45) is 5.73 Å². The SMILES string of the molecule is CCCNC(=O)CC(NC1CC1)C(N)=O. The molecule has 4 N–H and O–H groups in total. The van der Waals surface area contributed by atoms with E-state index in [9.17, 15) is 9.59 Å². The molecule has 0 spiro atoms. The van der Waals surface area contributed by atoms with Gasteiger partial charge in [0.05, 0.1) is 12.5 Å². The van der Waals surface area contributed by atoms with E-state index < -0.39 is 11.9 Å². The minimum absolute atomic E-state index is 0.117. The second-order valence-corrected chi connectivity index (χ2v) is 3.95. The lowest BCUT2D eigenvalue weighted by atomic mass is 10.2. The zero-order valence-corrected chi connectivity index (χ0v) is 9.08. The molecule has 0 heterocycles. The molecule has 0 saturated heterocycles. The molecule has 0 aromatic heterocycles. The van der Waals surface area contributed by atoms with Crippen LogP contribution in [-0.4, -0.2) is 30.4 Å². The fourth-order valence-corrected chi connectivity index (χ4v) is 1.30. The highest BCUT2D eigenvalue weighted by Gasteiger charge is 2.28. The van der Waals surface area contributed by atoms with Crippen molar-refractivity contribution in [2.45, 2.75) is 44.7 Å². The van der Waals surface area contributed by atoms with Gasteiger partial charge in [-0.3, -0.25) is 9.59 Å². The number of carbonyl (C=O) groups excluding carboxylic acids is 2. The van der Waals surface area contributed by atoms with Crippen LogP contribution in [0, 0.1) is 0 Å². The van der Waals surface area contributed by atoms with Gasteiger partial charge in [0.1, 0.15) is 0 Å². The minimum Gasteiger partial charge on any atom is -0.368 e. The van der Waals surface area contributed by atoms with Gasteiger partial charge in [-0.1, -0.05) is 6.92 Å². The average Bonchev–Trinajstić information content (AvgIpc) is 2.97. The Bertz CT molecular complexity index is 239. The molecule has 1 fully saturated rings. The first-order valence-electron chi connectivity index (χ1n) is 5.45. The molecule has 0 bridgehead atoms. The van der Waals surface area contributed by atoms with E-state index in [2.05, 4.69) is 10.6 Å². The fourth-order valence-electron chi connectivity index (χ4n) is 1.30. The second-order valence-electron chi connectivity index (χ2n) is 3.95. The van der Waals surface area contributed by atoms with Crippen molar-refractivity contribution < 1.29 is 9.59 Å². The monoisotopic (exact) mass is 213 g/mol. The molecule has 15 heavy (non-hydrogen) atoms. The Balaban J connectivity index is 2.28. The summed E-state index contributed by atoms with van der Waals surface area (Å²) in [6.45, 7) is 2.63. The van der Waals surface area contributed by atoms with Gasteiger partial charge in [-0.15, -0.1) is 0 Å². The van der Waals surface area contributed by atoms with Gasteiger partial charge in [0.2, 0.25) is 11.8 Å². The molecule has 2 amide bonds. The first-order chi connectivity index (χ1) is 7.13. The third kappa shape index (κ3) is 4.78. The third-order valence-corrected chi connectivity index (χ3v) is 2.32. The van der Waals surface area contributed by atoms with Crippen molar-refractivity contribution in [1.82, 2.24) is 10.6 Å². The number of nitrogens with two attached hydrogens (primary N) is 1. The summed E-state index contributed by atoms with van der Waals surface area (Å²) in [6.07, 6.45) is 3.18. The van der Waals surface area contributed by atoms with Crippen molar-refractivity contribution in [3.8, 4) is 0 Å². The fraction of sp³-hybridized carbons (Fsp3) is 0.800. The van der Waals surface area contributed by atoms with E-state index in [1.807, 2.05) is 6.92 Å². The van der Waals surface area contributed by atoms with Crippen molar-refractivity contribution in [3.05, 3.63) is 0 Å². The predicted molar refractivity (Wildman–Crippen MR) is 57.1 cm³/mol. The van der Waals surface area contributed by atoms with E-state index in [1.165, 1.54) is 0 Å². The number of carbonyl (C=O) groups is 2. The van der Waals surface area contributed by atoms with Gasteiger partial charge in [0.25, 0.3) is 0 Å². The van der Waals surface area contributed by atoms with Gasteiger partial charge in [-0.25, -0.2) is 0 Å². The molecular formula is C10H19N3O2. The normalized spacial score (nSPS) is 17.1. The number of nitrogens with one attached hydrogen (secondary N) is 2. The van der Waals surface area contributed by atoms with Crippen LogP contribution in [0.2, 0.25) is 0 Å². The number of amides is 2. The highest BCUT2D eigenvalue weighted by Crippen LogP contribution is 2.19. The Morgan fingerprint density at radius 3 is 2.60 bits per heavy atom. The highest BCUT2D eigenvalue weighted by atomic mass is 16.2. The maximum absolute atomic E-state index is 11.4. The molecular weight excluding hydrogens is 194 g/mol. The van der Waals surface area contributed by atoms with Crippen LogP contribution in [0.5, 0.6) is 0 Å². The van der Waals surface area contributed by atoms with Crippen molar-refractivity contribution in [2.75, 3.05) is 6.54 Å². The van der Waals surface area contributed by atoms with Gasteiger partial charge in [0, 0.05) is 12.6 Å². The molecule has 0 aliphatic heterocycles. The van der Waals surface area contributed by atoms with Gasteiger partial charge in [0.15, 0.2) is 0 Å². The lowest BCUT2D eigenvalue weighted by molar-refractivity contribution is -0.126. The quantitative estimate of drug-likeness (QED) is 0.533. The number of hydrogen-bond donors (Lipinski definition) is 3. The van der Waals surface area contributed by atoms with Gasteiger partial charge < -0.3 is 16.4 Å². The molecule has 1 aliphatic rings. The van der Waals surface area contributed by atoms with Crippen LogP contribution >= 0.6 is 0 Å². The first-order valence-corrected chi connectivity index (χ1v) is 5.45. The smallest absolute Gasteiger partial charge is 0.235 e. The molecule has 1 rings (SSSR count). The molecule has 1 saturated carbocycles. The van der Waals surface area contributed by atoms with Crippen molar-refractivity contribution in [3.63, 3.8) is 0 Å². The van der Waals surface area contributed by atoms with Crippen LogP contribution in [0.25, 0.3) is 0 Å². The summed E-state index contributed by atoms with van der Waals surface area (Å²) < 4.78 is 0. The van der Waals surface area contributed by atoms with Crippen LogP contribution in [0.1, 0.15) is 32.6 Å². The van der Waals surface area contributed by atoms with Crippen LogP contribution in [-0.2, 0) is 9.59 Å². The van der Waals surface area contributed by atoms with Crippen molar-refractivity contribution in [1.29, 1.82) is 0 Å². The van der Waals surface area contributed by atoms with Crippen LogP contribution in [0.15, 0.2) is 0 Å². The first kappa shape index (κ1) is 12.0. The molecule has 5 nitrogen and oxygen atoms in total. The predicted octanol–water partition coefficient (Wildman–Crippen LogP) is -0.491. The van der Waals surface area contributed by atoms with Gasteiger partial charge in [-0.2, -0.15) is 0 Å². The van der Waals surface area contributed by atoms with Crippen molar-refractivity contribution >= 4 is 11.8 Å². The Morgan fingerprint density at radius 2 is 2.13 bits per heavy atom. The summed E-state index contributed by atoms with van der Waals surface area (Å²) in [5.74, 6) is -0.567. The van der Waals surface area contributed by atoms with E-state index in [4.69, 9.17) is 5.73 Å². The Kier molecular flexibility index (Phi) is 4.55. The van der Waals surface area contributed by atoms with Crippen LogP contribution < -0.4 is 16.4 Å². The number of primary amides is 1. The molecule has 1 atom stereocenters. The molecule has 5 heteroatoms. The minimum atomic E-state index is -0.519. The Hall–Kier alpha value is -1.10. The number of rotatable bonds is 7. The highest BCUT2D eigenvalue weighted by molar-refractivity contribution is 5.87. The number of hydrogen-bond acceptors (Lipinski definition) is 3. The van der Waals surface area contributed by atoms with E-state index in [-0.39, 0.29) is 12.3 Å². The average molecular weight is 213 g/mol. The molecule has 0 radical (unpaired) electrons. The summed E-state index contributed by atoms with van der Waals surface area (Å²) in [5, 5.41) is 5.79. The Morgan fingerprint density at radius 1 is 1.47 bits per heavy atom. The van der Waals surface area contributed by atoms with Crippen LogP contribution in [0.4, 0.5) is 0 Å². The molecule has 86 valence electrons. The van der Waals surface area contributed by atoms with E-state index in [0.29, 0.717) is 12.6 Å². The van der Waals surface area contributed by atoms with E-state index >= 15 is 0 Å². The van der Waals surface area contributed by atoms with Crippen LogP contribution in [0.3, 0.4) is 0 Å². The summed E-state index contributed by atoms with van der Waals surface area (Å²) in [6, 6.07) is -0.143. The zero-order valence-electron chi connectivity index (χ0n) is 9.08. The molecule has 1 unspecified atom stereocenters. The lowest BCUT2D eigenvalue weighted by Crippen LogP contribution is -2.45. The summed E-state index contributed by atoms with van der Waals surface area (Å²) in [5.41, 5.74) is 5.21. The lowest BCUT2D eigenvalue weighted by Gasteiger charge is -2.14. The third-order valence-electron chi connectivity index (χ3n) is 2.32. The summed E-state index contributed by atoms with van der Waals surface area (Å²) >= 11 is 0. The maximum Gasteiger partial charge on any atom is 0.235 e. The van der Waals surface area contributed by atoms with E-state index in [0.717, 1.165) is 19.3 Å². The van der Waals surface area contributed by atoms with Gasteiger partial charge >= 0.3 is 0 Å². The topological polar surface area (TPSA) is 84.2 Å². The maximum atomic E-state index is 11.4. The standard InChI is InChI=1S/C10H19N3O2/c1-2-5-12-9(14)6-8(10(11)15)13-7-3-4-7/h7-8,13H,2-6H2,1H3,(H2,11,15)(H,12,14). The van der Waals surface area contributed by atoms with E-state index in [1.54, 1.807) is 0 Å². The summed E-state index contributed by atoms with van der Waals surface area (Å²) in [4.78, 5) is 22.4. The van der Waals surface area contributed by atoms with Gasteiger partial charge in [-0.05, 0) is 19.3 Å². The molecule has 0 aromatic rings.